The van der Waals surface area contributed by atoms with Crippen molar-refractivity contribution in [2.45, 2.75) is 52.0 Å². The number of rotatable bonds is 2. The predicted molar refractivity (Wildman–Crippen MR) is 99.4 cm³/mol. The standard InChI is InChI=1S/C20H27F3N2O3/c1-18(2,3)28-17(26)24-11-8-19(9-12-24)10-13-25(14-19)15-4-6-16(7-5-15)27-20(21,22)23/h4-7H,8-14H2,1-3H3. The lowest BCUT2D eigenvalue weighted by Crippen LogP contribution is -2.46. The van der Waals surface area contributed by atoms with Crippen LogP contribution < -0.4 is 9.64 Å². The Hall–Kier alpha value is -2.12. The average molecular weight is 400 g/mol. The third-order valence-corrected chi connectivity index (χ3v) is 5.35. The summed E-state index contributed by atoms with van der Waals surface area (Å²) in [6.07, 6.45) is -2.13. The van der Waals surface area contributed by atoms with Gasteiger partial charge in [-0.15, -0.1) is 13.2 Å². The summed E-state index contributed by atoms with van der Waals surface area (Å²) in [5.41, 5.74) is 0.527. The van der Waals surface area contributed by atoms with E-state index in [0.717, 1.165) is 38.0 Å². The van der Waals surface area contributed by atoms with Crippen molar-refractivity contribution >= 4 is 11.8 Å². The average Bonchev–Trinajstić information content (AvgIpc) is 2.97. The molecule has 5 nitrogen and oxygen atoms in total. The number of likely N-dealkylation sites (tertiary alicyclic amines) is 1. The lowest BCUT2D eigenvalue weighted by Gasteiger charge is -2.39. The van der Waals surface area contributed by atoms with E-state index in [1.165, 1.54) is 12.1 Å². The summed E-state index contributed by atoms with van der Waals surface area (Å²) in [4.78, 5) is 16.2. The molecule has 2 fully saturated rings. The molecule has 8 heteroatoms. The molecule has 1 spiro atoms. The molecule has 0 unspecified atom stereocenters. The molecule has 1 amide bonds. The van der Waals surface area contributed by atoms with Crippen molar-refractivity contribution in [3.8, 4) is 5.75 Å². The number of amides is 1. The molecule has 2 aliphatic rings. The van der Waals surface area contributed by atoms with E-state index < -0.39 is 12.0 Å². The third-order valence-electron chi connectivity index (χ3n) is 5.35. The van der Waals surface area contributed by atoms with Gasteiger partial charge in [0.2, 0.25) is 0 Å². The minimum Gasteiger partial charge on any atom is -0.444 e. The molecule has 0 N–H and O–H groups in total. The zero-order chi connectivity index (χ0) is 20.6. The van der Waals surface area contributed by atoms with Crippen LogP contribution in [0.3, 0.4) is 0 Å². The second-order valence-corrected chi connectivity index (χ2v) is 8.68. The molecular weight excluding hydrogens is 373 g/mol. The molecule has 0 radical (unpaired) electrons. The van der Waals surface area contributed by atoms with Gasteiger partial charge < -0.3 is 19.3 Å². The smallest absolute Gasteiger partial charge is 0.444 e. The Morgan fingerprint density at radius 2 is 1.57 bits per heavy atom. The largest absolute Gasteiger partial charge is 0.573 e. The van der Waals surface area contributed by atoms with Crippen LogP contribution in [0.1, 0.15) is 40.0 Å². The van der Waals surface area contributed by atoms with Gasteiger partial charge in [0, 0.05) is 31.9 Å². The fourth-order valence-electron chi connectivity index (χ4n) is 3.91. The van der Waals surface area contributed by atoms with Crippen LogP contribution in [0.15, 0.2) is 24.3 Å². The van der Waals surface area contributed by atoms with Gasteiger partial charge in [-0.1, -0.05) is 0 Å². The number of hydrogen-bond donors (Lipinski definition) is 0. The van der Waals surface area contributed by atoms with E-state index in [4.69, 9.17) is 4.74 Å². The maximum atomic E-state index is 12.3. The summed E-state index contributed by atoms with van der Waals surface area (Å²) in [6, 6.07) is 6.02. The van der Waals surface area contributed by atoms with E-state index >= 15 is 0 Å². The van der Waals surface area contributed by atoms with Crippen molar-refractivity contribution in [3.05, 3.63) is 24.3 Å². The van der Waals surface area contributed by atoms with Gasteiger partial charge in [0.15, 0.2) is 0 Å². The van der Waals surface area contributed by atoms with Crippen molar-refractivity contribution in [2.24, 2.45) is 5.41 Å². The van der Waals surface area contributed by atoms with Gasteiger partial charge in [0.05, 0.1) is 0 Å². The van der Waals surface area contributed by atoms with Crippen molar-refractivity contribution < 1.29 is 27.4 Å². The van der Waals surface area contributed by atoms with E-state index in [0.29, 0.717) is 13.1 Å². The van der Waals surface area contributed by atoms with Gasteiger partial charge >= 0.3 is 12.5 Å². The van der Waals surface area contributed by atoms with Crippen LogP contribution in [0.4, 0.5) is 23.7 Å². The molecule has 1 aromatic carbocycles. The van der Waals surface area contributed by atoms with E-state index in [-0.39, 0.29) is 17.3 Å². The molecular formula is C20H27F3N2O3. The summed E-state index contributed by atoms with van der Waals surface area (Å²) in [7, 11) is 0. The van der Waals surface area contributed by atoms with E-state index in [1.54, 1.807) is 17.0 Å². The second-order valence-electron chi connectivity index (χ2n) is 8.68. The Morgan fingerprint density at radius 1 is 1.00 bits per heavy atom. The molecule has 2 saturated heterocycles. The third kappa shape index (κ3) is 5.23. The molecule has 3 rings (SSSR count). The van der Waals surface area contributed by atoms with Crippen molar-refractivity contribution in [2.75, 3.05) is 31.1 Å². The second kappa shape index (κ2) is 7.37. The first-order valence-corrected chi connectivity index (χ1v) is 9.54. The highest BCUT2D eigenvalue weighted by atomic mass is 19.4. The lowest BCUT2D eigenvalue weighted by molar-refractivity contribution is -0.274. The Bertz CT molecular complexity index is 690. The number of anilines is 1. The van der Waals surface area contributed by atoms with Crippen molar-refractivity contribution in [1.29, 1.82) is 0 Å². The number of ether oxygens (including phenoxy) is 2. The number of alkyl halides is 3. The Kier molecular flexibility index (Phi) is 5.42. The summed E-state index contributed by atoms with van der Waals surface area (Å²) >= 11 is 0. The molecule has 0 aliphatic carbocycles. The van der Waals surface area contributed by atoms with Gasteiger partial charge in [-0.2, -0.15) is 0 Å². The number of hydrogen-bond acceptors (Lipinski definition) is 4. The van der Waals surface area contributed by atoms with Crippen LogP contribution >= 0.6 is 0 Å². The molecule has 0 atom stereocenters. The number of piperidine rings is 1. The number of carbonyl (C=O) groups excluding carboxylic acids is 1. The number of nitrogens with zero attached hydrogens (tertiary/aromatic N) is 2. The Morgan fingerprint density at radius 3 is 2.11 bits per heavy atom. The van der Waals surface area contributed by atoms with Crippen LogP contribution in [-0.4, -0.2) is 49.1 Å². The minimum atomic E-state index is -4.68. The molecule has 1 aromatic rings. The fourth-order valence-corrected chi connectivity index (χ4v) is 3.91. The SMILES string of the molecule is CC(C)(C)OC(=O)N1CCC2(CC1)CCN(c1ccc(OC(F)(F)F)cc1)C2. The van der Waals surface area contributed by atoms with Gasteiger partial charge in [-0.3, -0.25) is 0 Å². The van der Waals surface area contributed by atoms with Gasteiger partial charge in [-0.25, -0.2) is 4.79 Å². The molecule has 156 valence electrons. The summed E-state index contributed by atoms with van der Waals surface area (Å²) in [6.45, 7) is 8.60. The Labute approximate surface area is 163 Å². The predicted octanol–water partition coefficient (Wildman–Crippen LogP) is 4.81. The first-order chi connectivity index (χ1) is 12.9. The first kappa shape index (κ1) is 20.6. The van der Waals surface area contributed by atoms with Crippen molar-refractivity contribution in [1.82, 2.24) is 4.90 Å². The molecule has 2 aliphatic heterocycles. The monoisotopic (exact) mass is 400 g/mol. The zero-order valence-corrected chi connectivity index (χ0v) is 16.5. The number of benzene rings is 1. The van der Waals surface area contributed by atoms with Crippen LogP contribution in [0, 0.1) is 5.41 Å². The molecule has 28 heavy (non-hydrogen) atoms. The molecule has 2 heterocycles. The Balaban J connectivity index is 1.55. The highest BCUT2D eigenvalue weighted by Crippen LogP contribution is 2.42. The summed E-state index contributed by atoms with van der Waals surface area (Å²) < 4.78 is 46.3. The quantitative estimate of drug-likeness (QED) is 0.714. The van der Waals surface area contributed by atoms with Crippen LogP contribution in [0.25, 0.3) is 0 Å². The van der Waals surface area contributed by atoms with E-state index in [2.05, 4.69) is 9.64 Å². The van der Waals surface area contributed by atoms with Gasteiger partial charge in [0.1, 0.15) is 11.4 Å². The van der Waals surface area contributed by atoms with Crippen LogP contribution in [-0.2, 0) is 4.74 Å². The summed E-state index contributed by atoms with van der Waals surface area (Å²) in [5, 5.41) is 0. The maximum absolute atomic E-state index is 12.3. The maximum Gasteiger partial charge on any atom is 0.573 e. The fraction of sp³-hybridized carbons (Fsp3) is 0.650. The zero-order valence-electron chi connectivity index (χ0n) is 16.5. The normalized spacial score (nSPS) is 19.8. The highest BCUT2D eigenvalue weighted by molar-refractivity contribution is 5.68. The number of halogens is 3. The lowest BCUT2D eigenvalue weighted by atomic mass is 9.78. The first-order valence-electron chi connectivity index (χ1n) is 9.54. The summed E-state index contributed by atoms with van der Waals surface area (Å²) in [5.74, 6) is -0.212. The molecule has 0 saturated carbocycles. The van der Waals surface area contributed by atoms with Crippen LogP contribution in [0.2, 0.25) is 0 Å². The molecule has 0 aromatic heterocycles. The minimum absolute atomic E-state index is 0.139. The topological polar surface area (TPSA) is 42.0 Å². The molecule has 0 bridgehead atoms. The van der Waals surface area contributed by atoms with Crippen LogP contribution in [0.5, 0.6) is 5.75 Å². The number of carbonyl (C=O) groups is 1. The van der Waals surface area contributed by atoms with E-state index in [9.17, 15) is 18.0 Å². The van der Waals surface area contributed by atoms with Crippen molar-refractivity contribution in [3.63, 3.8) is 0 Å². The van der Waals surface area contributed by atoms with Gasteiger partial charge in [-0.05, 0) is 69.7 Å². The highest BCUT2D eigenvalue weighted by Gasteiger charge is 2.42. The van der Waals surface area contributed by atoms with Gasteiger partial charge in [0.25, 0.3) is 0 Å². The van der Waals surface area contributed by atoms with E-state index in [1.807, 2.05) is 20.8 Å².